The van der Waals surface area contributed by atoms with Crippen LogP contribution in [0.25, 0.3) is 0 Å². The summed E-state index contributed by atoms with van der Waals surface area (Å²) in [5.74, 6) is 1.27. The largest absolute Gasteiger partial charge is 0.497 e. The molecule has 3 rings (SSSR count). The lowest BCUT2D eigenvalue weighted by Crippen LogP contribution is -2.33. The van der Waals surface area contributed by atoms with Gasteiger partial charge < -0.3 is 15.4 Å². The van der Waals surface area contributed by atoms with Crippen molar-refractivity contribution in [3.8, 4) is 5.75 Å². The van der Waals surface area contributed by atoms with Crippen molar-refractivity contribution < 1.29 is 14.3 Å². The summed E-state index contributed by atoms with van der Waals surface area (Å²) in [6.07, 6.45) is 2.23. The zero-order chi connectivity index (χ0) is 17.8. The monoisotopic (exact) mass is 338 g/mol. The Morgan fingerprint density at radius 1 is 1.04 bits per heavy atom. The van der Waals surface area contributed by atoms with Crippen molar-refractivity contribution in [2.75, 3.05) is 12.4 Å². The molecule has 1 fully saturated rings. The van der Waals surface area contributed by atoms with Gasteiger partial charge in [-0.1, -0.05) is 12.1 Å². The second-order valence-corrected chi connectivity index (χ2v) is 6.32. The number of ether oxygens (including phenoxy) is 1. The van der Waals surface area contributed by atoms with Gasteiger partial charge >= 0.3 is 6.03 Å². The number of urea groups is 1. The minimum atomic E-state index is -0.247. The van der Waals surface area contributed by atoms with E-state index in [1.807, 2.05) is 24.3 Å². The Balaban J connectivity index is 1.65. The number of carbonyl (C=O) groups is 2. The van der Waals surface area contributed by atoms with E-state index in [1.165, 1.54) is 6.92 Å². The van der Waals surface area contributed by atoms with Gasteiger partial charge in [0.15, 0.2) is 5.78 Å². The van der Waals surface area contributed by atoms with Crippen molar-refractivity contribution in [1.29, 1.82) is 0 Å². The van der Waals surface area contributed by atoms with Crippen LogP contribution < -0.4 is 15.4 Å². The van der Waals surface area contributed by atoms with E-state index in [0.717, 1.165) is 24.2 Å². The van der Waals surface area contributed by atoms with Gasteiger partial charge in [-0.25, -0.2) is 4.79 Å². The molecule has 1 aliphatic carbocycles. The fourth-order valence-electron chi connectivity index (χ4n) is 2.81. The Morgan fingerprint density at radius 2 is 1.68 bits per heavy atom. The maximum Gasteiger partial charge on any atom is 0.319 e. The maximum absolute atomic E-state index is 12.4. The smallest absolute Gasteiger partial charge is 0.319 e. The first kappa shape index (κ1) is 17.0. The van der Waals surface area contributed by atoms with Crippen LogP contribution in [0.4, 0.5) is 10.5 Å². The van der Waals surface area contributed by atoms with Crippen LogP contribution in [0.3, 0.4) is 0 Å². The molecule has 2 aromatic carbocycles. The van der Waals surface area contributed by atoms with Gasteiger partial charge in [0.25, 0.3) is 0 Å². The highest BCUT2D eigenvalue weighted by atomic mass is 16.5. The van der Waals surface area contributed by atoms with Crippen molar-refractivity contribution in [3.05, 3.63) is 59.7 Å². The average Bonchev–Trinajstić information content (AvgIpc) is 3.45. The van der Waals surface area contributed by atoms with Gasteiger partial charge in [-0.3, -0.25) is 4.79 Å². The number of carbonyl (C=O) groups excluding carboxylic acids is 2. The molecule has 2 aromatic rings. The lowest BCUT2D eigenvalue weighted by atomic mass is 10.0. The molecule has 0 aromatic heterocycles. The third-order valence-corrected chi connectivity index (χ3v) is 4.40. The van der Waals surface area contributed by atoms with Gasteiger partial charge in [0.2, 0.25) is 0 Å². The molecule has 0 heterocycles. The Labute approximate surface area is 147 Å². The van der Waals surface area contributed by atoms with Crippen molar-refractivity contribution in [3.63, 3.8) is 0 Å². The molecule has 2 N–H and O–H groups in total. The molecule has 1 atom stereocenters. The first-order valence-electron chi connectivity index (χ1n) is 8.39. The van der Waals surface area contributed by atoms with Crippen LogP contribution in [0.2, 0.25) is 0 Å². The lowest BCUT2D eigenvalue weighted by molar-refractivity contribution is 0.101. The first-order valence-corrected chi connectivity index (χ1v) is 8.39. The van der Waals surface area contributed by atoms with Crippen LogP contribution in [0.1, 0.15) is 41.7 Å². The highest BCUT2D eigenvalue weighted by Gasteiger charge is 2.33. The van der Waals surface area contributed by atoms with Gasteiger partial charge in [-0.2, -0.15) is 0 Å². The molecule has 0 radical (unpaired) electrons. The first-order chi connectivity index (χ1) is 12.1. The van der Waals surface area contributed by atoms with Crippen molar-refractivity contribution in [2.45, 2.75) is 25.8 Å². The van der Waals surface area contributed by atoms with E-state index < -0.39 is 0 Å². The topological polar surface area (TPSA) is 67.4 Å². The molecule has 5 nitrogen and oxygen atoms in total. The Hall–Kier alpha value is -2.82. The number of benzene rings is 2. The summed E-state index contributed by atoms with van der Waals surface area (Å²) >= 11 is 0. The zero-order valence-corrected chi connectivity index (χ0v) is 14.4. The number of rotatable bonds is 6. The molecular weight excluding hydrogens is 316 g/mol. The van der Waals surface area contributed by atoms with Gasteiger partial charge in [0.1, 0.15) is 5.75 Å². The minimum Gasteiger partial charge on any atom is -0.497 e. The summed E-state index contributed by atoms with van der Waals surface area (Å²) in [6.45, 7) is 1.52. The molecule has 0 saturated heterocycles. The van der Waals surface area contributed by atoms with E-state index in [9.17, 15) is 9.59 Å². The number of Topliss-reactive ketones (excluding diaryl/α,β-unsaturated/α-hetero) is 1. The summed E-state index contributed by atoms with van der Waals surface area (Å²) < 4.78 is 5.19. The predicted molar refractivity (Wildman–Crippen MR) is 97.1 cm³/mol. The summed E-state index contributed by atoms with van der Waals surface area (Å²) in [5.41, 5.74) is 2.36. The van der Waals surface area contributed by atoms with Crippen molar-refractivity contribution in [1.82, 2.24) is 5.32 Å². The zero-order valence-electron chi connectivity index (χ0n) is 14.4. The van der Waals surface area contributed by atoms with Crippen molar-refractivity contribution >= 4 is 17.5 Å². The summed E-state index contributed by atoms with van der Waals surface area (Å²) in [4.78, 5) is 23.7. The fourth-order valence-corrected chi connectivity index (χ4v) is 2.81. The van der Waals surface area contributed by atoms with E-state index in [4.69, 9.17) is 4.74 Å². The molecule has 5 heteroatoms. The minimum absolute atomic E-state index is 0.00399. The van der Waals surface area contributed by atoms with Crippen LogP contribution in [-0.4, -0.2) is 18.9 Å². The molecule has 1 aliphatic rings. The van der Waals surface area contributed by atoms with Gasteiger partial charge in [0, 0.05) is 11.3 Å². The highest BCUT2D eigenvalue weighted by Crippen LogP contribution is 2.41. The number of anilines is 1. The summed E-state index contributed by atoms with van der Waals surface area (Å²) in [6, 6.07) is 14.4. The van der Waals surface area contributed by atoms with E-state index in [2.05, 4.69) is 10.6 Å². The van der Waals surface area contributed by atoms with Gasteiger partial charge in [-0.05, 0) is 67.6 Å². The lowest BCUT2D eigenvalue weighted by Gasteiger charge is -2.19. The quantitative estimate of drug-likeness (QED) is 0.777. The van der Waals surface area contributed by atoms with Crippen LogP contribution in [0.5, 0.6) is 5.75 Å². The Kier molecular flexibility index (Phi) is 5.03. The molecular formula is C20H22N2O3. The SMILES string of the molecule is COc1ccc(C(NC(=O)Nc2ccc(C(C)=O)cc2)C2CC2)cc1. The molecule has 1 saturated carbocycles. The van der Waals surface area contributed by atoms with E-state index >= 15 is 0 Å². The molecule has 0 bridgehead atoms. The number of hydrogen-bond donors (Lipinski definition) is 2. The number of methoxy groups -OCH3 is 1. The molecule has 1 unspecified atom stereocenters. The Morgan fingerprint density at radius 3 is 2.20 bits per heavy atom. The number of ketones is 1. The molecule has 2 amide bonds. The van der Waals surface area contributed by atoms with E-state index in [-0.39, 0.29) is 17.9 Å². The van der Waals surface area contributed by atoms with Crippen LogP contribution in [0, 0.1) is 5.92 Å². The predicted octanol–water partition coefficient (Wildman–Crippen LogP) is 4.17. The number of nitrogens with one attached hydrogen (secondary N) is 2. The van der Waals surface area contributed by atoms with Crippen LogP contribution >= 0.6 is 0 Å². The maximum atomic E-state index is 12.4. The van der Waals surface area contributed by atoms with Crippen molar-refractivity contribution in [2.24, 2.45) is 5.92 Å². The molecule has 130 valence electrons. The standard InChI is InChI=1S/C20H22N2O3/c1-13(23)14-5-9-17(10-6-14)21-20(24)22-19(15-3-4-15)16-7-11-18(25-2)12-8-16/h5-12,15,19H,3-4H2,1-2H3,(H2,21,22,24). The van der Waals surface area contributed by atoms with E-state index in [1.54, 1.807) is 31.4 Å². The highest BCUT2D eigenvalue weighted by molar-refractivity contribution is 5.95. The van der Waals surface area contributed by atoms with Gasteiger partial charge in [-0.15, -0.1) is 0 Å². The normalized spacial score (nSPS) is 14.5. The molecule has 25 heavy (non-hydrogen) atoms. The fraction of sp³-hybridized carbons (Fsp3) is 0.300. The third kappa shape index (κ3) is 4.38. The molecule has 0 spiro atoms. The average molecular weight is 338 g/mol. The number of hydrogen-bond acceptors (Lipinski definition) is 3. The summed E-state index contributed by atoms with van der Waals surface area (Å²) in [7, 11) is 1.64. The van der Waals surface area contributed by atoms with Crippen LogP contribution in [0.15, 0.2) is 48.5 Å². The number of amides is 2. The third-order valence-electron chi connectivity index (χ3n) is 4.40. The second-order valence-electron chi connectivity index (χ2n) is 6.32. The molecule has 0 aliphatic heterocycles. The Bertz CT molecular complexity index is 750. The van der Waals surface area contributed by atoms with Crippen LogP contribution in [-0.2, 0) is 0 Å². The van der Waals surface area contributed by atoms with E-state index in [0.29, 0.717) is 17.2 Å². The second kappa shape index (κ2) is 7.38. The van der Waals surface area contributed by atoms with Gasteiger partial charge in [0.05, 0.1) is 13.2 Å². The summed E-state index contributed by atoms with van der Waals surface area (Å²) in [5, 5.41) is 5.89.